The van der Waals surface area contributed by atoms with Gasteiger partial charge in [-0.1, -0.05) is 103 Å². The molecule has 4 aromatic rings. The molecule has 0 heterocycles. The number of sulfonamides is 1. The van der Waals surface area contributed by atoms with E-state index in [0.29, 0.717) is 22.8 Å². The van der Waals surface area contributed by atoms with Crippen molar-refractivity contribution in [1.82, 2.24) is 10.2 Å². The van der Waals surface area contributed by atoms with Crippen LogP contribution in [0, 0.1) is 20.8 Å². The molecule has 4 aromatic carbocycles. The third-order valence-corrected chi connectivity index (χ3v) is 10.3. The summed E-state index contributed by atoms with van der Waals surface area (Å²) in [6.45, 7) is 7.63. The number of anilines is 1. The highest BCUT2D eigenvalue weighted by molar-refractivity contribution is 7.92. The zero-order chi connectivity index (χ0) is 33.3. The number of hydrogen-bond donors (Lipinski definition) is 1. The van der Waals surface area contributed by atoms with Gasteiger partial charge in [0.15, 0.2) is 0 Å². The van der Waals surface area contributed by atoms with Crippen LogP contribution in [0.3, 0.4) is 0 Å². The van der Waals surface area contributed by atoms with E-state index in [1.54, 1.807) is 48.5 Å². The number of unbranched alkanes of at least 4 members (excludes halogenated alkanes) is 1. The second-order valence-electron chi connectivity index (χ2n) is 11.5. The molecule has 0 saturated heterocycles. The quantitative estimate of drug-likeness (QED) is 0.148. The van der Waals surface area contributed by atoms with Gasteiger partial charge in [-0.2, -0.15) is 0 Å². The maximum Gasteiger partial charge on any atom is 0.264 e. The van der Waals surface area contributed by atoms with Gasteiger partial charge in [-0.05, 0) is 73.7 Å². The van der Waals surface area contributed by atoms with E-state index >= 15 is 0 Å². The molecule has 0 aliphatic heterocycles. The Morgan fingerprint density at radius 2 is 1.52 bits per heavy atom. The van der Waals surface area contributed by atoms with Crippen LogP contribution >= 0.6 is 11.6 Å². The monoisotopic (exact) mass is 659 g/mol. The first-order valence-corrected chi connectivity index (χ1v) is 17.3. The van der Waals surface area contributed by atoms with Crippen molar-refractivity contribution in [2.75, 3.05) is 17.4 Å². The average molecular weight is 660 g/mol. The molecular formula is C37H42ClN3O4S. The van der Waals surface area contributed by atoms with Gasteiger partial charge in [-0.3, -0.25) is 13.9 Å². The van der Waals surface area contributed by atoms with Gasteiger partial charge in [-0.15, -0.1) is 0 Å². The van der Waals surface area contributed by atoms with Gasteiger partial charge in [0.1, 0.15) is 12.6 Å². The number of hydrogen-bond acceptors (Lipinski definition) is 4. The Kier molecular flexibility index (Phi) is 12.0. The summed E-state index contributed by atoms with van der Waals surface area (Å²) in [5.74, 6) is -0.833. The predicted molar refractivity (Wildman–Crippen MR) is 185 cm³/mol. The highest BCUT2D eigenvalue weighted by atomic mass is 35.5. The fourth-order valence-electron chi connectivity index (χ4n) is 5.23. The maximum atomic E-state index is 14.6. The van der Waals surface area contributed by atoms with E-state index in [2.05, 4.69) is 5.32 Å². The summed E-state index contributed by atoms with van der Waals surface area (Å²) in [7, 11) is -4.18. The van der Waals surface area contributed by atoms with Crippen LogP contribution in [-0.4, -0.2) is 44.3 Å². The number of halogens is 1. The lowest BCUT2D eigenvalue weighted by molar-refractivity contribution is -0.140. The molecule has 0 fully saturated rings. The Balaban J connectivity index is 1.83. The molecule has 4 rings (SSSR count). The van der Waals surface area contributed by atoms with Crippen LogP contribution in [0.15, 0.2) is 102 Å². The summed E-state index contributed by atoms with van der Waals surface area (Å²) in [5.41, 5.74) is 4.46. The van der Waals surface area contributed by atoms with Crippen LogP contribution in [0.2, 0.25) is 5.02 Å². The smallest absolute Gasteiger partial charge is 0.264 e. The molecule has 1 atom stereocenters. The van der Waals surface area contributed by atoms with Gasteiger partial charge in [0.2, 0.25) is 11.8 Å². The molecule has 242 valence electrons. The van der Waals surface area contributed by atoms with E-state index in [9.17, 15) is 18.0 Å². The lowest BCUT2D eigenvalue weighted by atomic mass is 10.0. The van der Waals surface area contributed by atoms with Gasteiger partial charge in [0.25, 0.3) is 10.0 Å². The largest absolute Gasteiger partial charge is 0.354 e. The van der Waals surface area contributed by atoms with Crippen molar-refractivity contribution in [3.63, 3.8) is 0 Å². The van der Waals surface area contributed by atoms with Gasteiger partial charge in [-0.25, -0.2) is 8.42 Å². The fraction of sp³-hybridized carbons (Fsp3) is 0.297. The van der Waals surface area contributed by atoms with Crippen LogP contribution in [0.1, 0.15) is 47.6 Å². The van der Waals surface area contributed by atoms with Crippen LogP contribution < -0.4 is 9.62 Å². The Morgan fingerprint density at radius 3 is 2.20 bits per heavy atom. The lowest BCUT2D eigenvalue weighted by Crippen LogP contribution is -2.53. The topological polar surface area (TPSA) is 86.8 Å². The van der Waals surface area contributed by atoms with Crippen molar-refractivity contribution in [3.05, 3.63) is 130 Å². The standard InChI is InChI=1S/C37H42ClN3O4S/c1-5-6-23-39-37(43)35(24-30-14-8-7-9-15-30)40(25-31-16-10-11-17-33(31)38)36(42)26-41(34-18-12-13-28(3)29(34)4)46(44,45)32-21-19-27(2)20-22-32/h7-22,35H,5-6,23-26H2,1-4H3,(H,39,43)/t35-/m0/s1. The first kappa shape index (κ1) is 34.7. The Hall–Kier alpha value is -4.14. The molecule has 0 aliphatic rings. The second kappa shape index (κ2) is 15.9. The van der Waals surface area contributed by atoms with Crippen LogP contribution in [0.5, 0.6) is 0 Å². The third-order valence-electron chi connectivity index (χ3n) is 8.13. The first-order valence-electron chi connectivity index (χ1n) is 15.5. The minimum absolute atomic E-state index is 0.0163. The highest BCUT2D eigenvalue weighted by Crippen LogP contribution is 2.30. The van der Waals surface area contributed by atoms with E-state index in [1.807, 2.05) is 76.2 Å². The average Bonchev–Trinajstić information content (AvgIpc) is 3.04. The molecule has 0 unspecified atom stereocenters. The van der Waals surface area contributed by atoms with E-state index < -0.39 is 28.5 Å². The van der Waals surface area contributed by atoms with E-state index in [4.69, 9.17) is 11.6 Å². The van der Waals surface area contributed by atoms with Crippen LogP contribution in [-0.2, 0) is 32.6 Å². The number of carbonyl (C=O) groups is 2. The van der Waals surface area contributed by atoms with E-state index in [1.165, 1.54) is 4.90 Å². The maximum absolute atomic E-state index is 14.6. The molecule has 0 spiro atoms. The summed E-state index contributed by atoms with van der Waals surface area (Å²) in [6, 6.07) is 27.7. The molecule has 46 heavy (non-hydrogen) atoms. The lowest BCUT2D eigenvalue weighted by Gasteiger charge is -2.34. The third kappa shape index (κ3) is 8.56. The second-order valence-corrected chi connectivity index (χ2v) is 13.8. The number of nitrogens with zero attached hydrogens (tertiary/aromatic N) is 2. The predicted octanol–water partition coefficient (Wildman–Crippen LogP) is 7.02. The number of aryl methyl sites for hydroxylation is 2. The summed E-state index contributed by atoms with van der Waals surface area (Å²) in [5, 5.41) is 3.45. The highest BCUT2D eigenvalue weighted by Gasteiger charge is 2.35. The van der Waals surface area contributed by atoms with Crippen molar-refractivity contribution in [2.45, 2.75) is 64.4 Å². The fourth-order valence-corrected chi connectivity index (χ4v) is 6.89. The van der Waals surface area contributed by atoms with Gasteiger partial charge < -0.3 is 10.2 Å². The van der Waals surface area contributed by atoms with Crippen molar-refractivity contribution in [2.24, 2.45) is 0 Å². The number of rotatable bonds is 14. The minimum atomic E-state index is -4.18. The summed E-state index contributed by atoms with van der Waals surface area (Å²) in [6.07, 6.45) is 1.92. The zero-order valence-corrected chi connectivity index (χ0v) is 28.4. The minimum Gasteiger partial charge on any atom is -0.354 e. The molecule has 0 aromatic heterocycles. The number of carbonyl (C=O) groups excluding carboxylic acids is 2. The Labute approximate surface area is 278 Å². The summed E-state index contributed by atoms with van der Waals surface area (Å²) < 4.78 is 29.8. The number of nitrogens with one attached hydrogen (secondary N) is 1. The summed E-state index contributed by atoms with van der Waals surface area (Å²) in [4.78, 5) is 30.1. The Bertz CT molecular complexity index is 1740. The summed E-state index contributed by atoms with van der Waals surface area (Å²) >= 11 is 6.58. The SMILES string of the molecule is CCCCNC(=O)[C@H](Cc1ccccc1)N(Cc1ccccc1Cl)C(=O)CN(c1cccc(C)c1C)S(=O)(=O)c1ccc(C)cc1. The van der Waals surface area contributed by atoms with Crippen molar-refractivity contribution < 1.29 is 18.0 Å². The van der Waals surface area contributed by atoms with Gasteiger partial charge in [0.05, 0.1) is 10.6 Å². The van der Waals surface area contributed by atoms with Crippen LogP contribution in [0.4, 0.5) is 5.69 Å². The zero-order valence-electron chi connectivity index (χ0n) is 26.9. The number of benzene rings is 4. The molecule has 7 nitrogen and oxygen atoms in total. The Morgan fingerprint density at radius 1 is 0.848 bits per heavy atom. The van der Waals surface area contributed by atoms with Crippen molar-refractivity contribution in [3.8, 4) is 0 Å². The van der Waals surface area contributed by atoms with E-state index in [0.717, 1.165) is 39.4 Å². The van der Waals surface area contributed by atoms with Gasteiger partial charge in [0, 0.05) is 24.5 Å². The molecule has 0 bridgehead atoms. The van der Waals surface area contributed by atoms with Crippen LogP contribution in [0.25, 0.3) is 0 Å². The molecule has 9 heteroatoms. The normalized spacial score (nSPS) is 11.9. The van der Waals surface area contributed by atoms with Crippen molar-refractivity contribution >= 4 is 39.1 Å². The van der Waals surface area contributed by atoms with E-state index in [-0.39, 0.29) is 23.8 Å². The van der Waals surface area contributed by atoms with Gasteiger partial charge >= 0.3 is 0 Å². The van der Waals surface area contributed by atoms with Crippen molar-refractivity contribution in [1.29, 1.82) is 0 Å². The molecule has 1 N–H and O–H groups in total. The molecule has 0 radical (unpaired) electrons. The number of amides is 2. The molecule has 2 amide bonds. The molecule has 0 saturated carbocycles. The molecule has 0 aliphatic carbocycles. The first-order chi connectivity index (χ1) is 22.0. The molecular weight excluding hydrogens is 618 g/mol.